The number of nitrogens with zero attached hydrogens (tertiary/aromatic N) is 3. The number of carbonyl (C=O) groups is 1. The maximum absolute atomic E-state index is 12.7. The Morgan fingerprint density at radius 2 is 2.00 bits per heavy atom. The van der Waals surface area contributed by atoms with Gasteiger partial charge in [0.05, 0.1) is 12.1 Å². The fraction of sp³-hybridized carbons (Fsp3) is 0.348. The molecule has 0 atom stereocenters. The second kappa shape index (κ2) is 9.54. The number of nitrogens with one attached hydrogen (secondary N) is 1. The Balaban J connectivity index is 1.34. The number of likely N-dealkylation sites (tertiary alicyclic amines) is 1. The van der Waals surface area contributed by atoms with E-state index in [9.17, 15) is 4.79 Å². The Bertz CT molecular complexity index is 952. The number of rotatable bonds is 7. The summed E-state index contributed by atoms with van der Waals surface area (Å²) >= 11 is 0. The van der Waals surface area contributed by atoms with E-state index in [2.05, 4.69) is 32.5 Å². The van der Waals surface area contributed by atoms with E-state index in [4.69, 9.17) is 9.26 Å². The molecule has 1 N–H and O–H groups in total. The largest absolute Gasteiger partial charge is 0.489 e. The summed E-state index contributed by atoms with van der Waals surface area (Å²) in [6.07, 6.45) is 7.11. The highest BCUT2D eigenvalue weighted by Crippen LogP contribution is 2.25. The number of benzene rings is 1. The maximum atomic E-state index is 12.7. The third-order valence-electron chi connectivity index (χ3n) is 5.28. The second-order valence-electron chi connectivity index (χ2n) is 7.62. The fourth-order valence-corrected chi connectivity index (χ4v) is 3.63. The standard InChI is InChI=1S/C23H26N4O3/c1-17-2-3-22(21(14-17)23(28)25-15-19-8-13-29-26-19)30-20-6-11-27(12-7-20)16-18-4-9-24-10-5-18/h2-5,8-10,13-14,20H,6-7,11-12,15-16H2,1H3,(H,25,28). The molecule has 0 spiro atoms. The van der Waals surface area contributed by atoms with Gasteiger partial charge in [0.25, 0.3) is 5.91 Å². The van der Waals surface area contributed by atoms with Crippen LogP contribution in [0.2, 0.25) is 0 Å². The molecule has 0 aliphatic carbocycles. The van der Waals surface area contributed by atoms with E-state index in [1.807, 2.05) is 37.5 Å². The van der Waals surface area contributed by atoms with Crippen LogP contribution in [0.5, 0.6) is 5.75 Å². The minimum Gasteiger partial charge on any atom is -0.489 e. The molecule has 3 heterocycles. The van der Waals surface area contributed by atoms with Crippen molar-refractivity contribution in [1.82, 2.24) is 20.4 Å². The van der Waals surface area contributed by atoms with Crippen LogP contribution >= 0.6 is 0 Å². The zero-order valence-electron chi connectivity index (χ0n) is 17.1. The molecule has 1 aliphatic rings. The summed E-state index contributed by atoms with van der Waals surface area (Å²) < 4.78 is 11.1. The van der Waals surface area contributed by atoms with Gasteiger partial charge in [-0.25, -0.2) is 0 Å². The van der Waals surface area contributed by atoms with Crippen molar-refractivity contribution in [1.29, 1.82) is 0 Å². The molecule has 156 valence electrons. The van der Waals surface area contributed by atoms with Crippen molar-refractivity contribution in [3.05, 3.63) is 77.4 Å². The molecule has 7 heteroatoms. The van der Waals surface area contributed by atoms with Crippen LogP contribution in [0.25, 0.3) is 0 Å². The average Bonchev–Trinajstić information content (AvgIpc) is 3.29. The number of hydrogen-bond acceptors (Lipinski definition) is 6. The van der Waals surface area contributed by atoms with Gasteiger partial charge in [-0.05, 0) is 49.6 Å². The van der Waals surface area contributed by atoms with Crippen LogP contribution in [0, 0.1) is 6.92 Å². The Labute approximate surface area is 176 Å². The Kier molecular flexibility index (Phi) is 6.39. The summed E-state index contributed by atoms with van der Waals surface area (Å²) in [6, 6.07) is 11.6. The lowest BCUT2D eigenvalue weighted by atomic mass is 10.1. The lowest BCUT2D eigenvalue weighted by Crippen LogP contribution is -2.38. The van der Waals surface area contributed by atoms with E-state index in [0.29, 0.717) is 23.6 Å². The third-order valence-corrected chi connectivity index (χ3v) is 5.28. The predicted octanol–water partition coefficient (Wildman–Crippen LogP) is 3.35. The molecule has 0 radical (unpaired) electrons. The van der Waals surface area contributed by atoms with Crippen molar-refractivity contribution >= 4 is 5.91 Å². The minimum atomic E-state index is -0.174. The number of pyridine rings is 1. The zero-order chi connectivity index (χ0) is 20.8. The molecule has 0 bridgehead atoms. The first kappa shape index (κ1) is 20.1. The van der Waals surface area contributed by atoms with Gasteiger partial charge in [-0.2, -0.15) is 0 Å². The van der Waals surface area contributed by atoms with Crippen molar-refractivity contribution in [3.8, 4) is 5.75 Å². The van der Waals surface area contributed by atoms with E-state index in [1.54, 1.807) is 6.07 Å². The first-order valence-electron chi connectivity index (χ1n) is 10.2. The van der Waals surface area contributed by atoms with Gasteiger partial charge in [0, 0.05) is 38.1 Å². The van der Waals surface area contributed by atoms with Gasteiger partial charge in [-0.3, -0.25) is 14.7 Å². The summed E-state index contributed by atoms with van der Waals surface area (Å²) in [6.45, 7) is 5.14. The first-order valence-corrected chi connectivity index (χ1v) is 10.2. The smallest absolute Gasteiger partial charge is 0.255 e. The zero-order valence-corrected chi connectivity index (χ0v) is 17.1. The van der Waals surface area contributed by atoms with Crippen LogP contribution in [0.4, 0.5) is 0 Å². The topological polar surface area (TPSA) is 80.5 Å². The number of amides is 1. The normalized spacial score (nSPS) is 15.1. The summed E-state index contributed by atoms with van der Waals surface area (Å²) in [5.74, 6) is 0.456. The van der Waals surface area contributed by atoms with E-state index < -0.39 is 0 Å². The van der Waals surface area contributed by atoms with E-state index >= 15 is 0 Å². The average molecular weight is 406 g/mol. The van der Waals surface area contributed by atoms with Crippen LogP contribution in [0.15, 0.2) is 59.6 Å². The van der Waals surface area contributed by atoms with E-state index in [1.165, 1.54) is 11.8 Å². The molecular weight excluding hydrogens is 380 g/mol. The van der Waals surface area contributed by atoms with Gasteiger partial charge in [0.2, 0.25) is 0 Å². The van der Waals surface area contributed by atoms with E-state index in [0.717, 1.165) is 38.0 Å². The quantitative estimate of drug-likeness (QED) is 0.648. The van der Waals surface area contributed by atoms with Gasteiger partial charge < -0.3 is 14.6 Å². The van der Waals surface area contributed by atoms with Crippen molar-refractivity contribution in [2.75, 3.05) is 13.1 Å². The number of aryl methyl sites for hydroxylation is 1. The summed E-state index contributed by atoms with van der Waals surface area (Å²) in [5.41, 5.74) is 3.52. The number of aromatic nitrogens is 2. The van der Waals surface area contributed by atoms with Gasteiger partial charge in [-0.15, -0.1) is 0 Å². The Morgan fingerprint density at radius 3 is 2.73 bits per heavy atom. The number of hydrogen-bond donors (Lipinski definition) is 1. The van der Waals surface area contributed by atoms with Crippen molar-refractivity contribution < 1.29 is 14.1 Å². The number of piperidine rings is 1. The monoisotopic (exact) mass is 406 g/mol. The Morgan fingerprint density at radius 1 is 1.20 bits per heavy atom. The molecule has 1 aliphatic heterocycles. The summed E-state index contributed by atoms with van der Waals surface area (Å²) in [7, 11) is 0. The molecule has 0 saturated carbocycles. The van der Waals surface area contributed by atoms with Gasteiger partial charge >= 0.3 is 0 Å². The third kappa shape index (κ3) is 5.24. The number of ether oxygens (including phenoxy) is 1. The summed E-state index contributed by atoms with van der Waals surface area (Å²) in [4.78, 5) is 19.2. The van der Waals surface area contributed by atoms with Crippen LogP contribution in [-0.4, -0.2) is 40.1 Å². The fourth-order valence-electron chi connectivity index (χ4n) is 3.63. The number of carbonyl (C=O) groups excluding carboxylic acids is 1. The lowest BCUT2D eigenvalue weighted by Gasteiger charge is -2.32. The summed E-state index contributed by atoms with van der Waals surface area (Å²) in [5, 5.41) is 6.71. The predicted molar refractivity (Wildman–Crippen MR) is 112 cm³/mol. The Hall–Kier alpha value is -3.19. The van der Waals surface area contributed by atoms with Crippen LogP contribution < -0.4 is 10.1 Å². The maximum Gasteiger partial charge on any atom is 0.255 e. The molecule has 1 saturated heterocycles. The SMILES string of the molecule is Cc1ccc(OC2CCN(Cc3ccncc3)CC2)c(C(=O)NCc2ccon2)c1. The van der Waals surface area contributed by atoms with Gasteiger partial charge in [0.15, 0.2) is 0 Å². The molecule has 1 fully saturated rings. The minimum absolute atomic E-state index is 0.100. The molecule has 30 heavy (non-hydrogen) atoms. The van der Waals surface area contributed by atoms with Crippen molar-refractivity contribution in [2.24, 2.45) is 0 Å². The lowest BCUT2D eigenvalue weighted by molar-refractivity contribution is 0.0889. The van der Waals surface area contributed by atoms with Crippen LogP contribution in [0.1, 0.15) is 40.0 Å². The molecule has 2 aromatic heterocycles. The highest BCUT2D eigenvalue weighted by atomic mass is 16.5. The molecule has 4 rings (SSSR count). The second-order valence-corrected chi connectivity index (χ2v) is 7.62. The first-order chi connectivity index (χ1) is 14.7. The van der Waals surface area contributed by atoms with Crippen molar-refractivity contribution in [3.63, 3.8) is 0 Å². The molecule has 0 unspecified atom stereocenters. The molecule has 1 amide bonds. The van der Waals surface area contributed by atoms with Crippen molar-refractivity contribution in [2.45, 2.75) is 39.0 Å². The highest BCUT2D eigenvalue weighted by molar-refractivity contribution is 5.97. The molecular formula is C23H26N4O3. The van der Waals surface area contributed by atoms with Gasteiger partial charge in [-0.1, -0.05) is 16.8 Å². The van der Waals surface area contributed by atoms with E-state index in [-0.39, 0.29) is 12.0 Å². The molecule has 3 aromatic rings. The van der Waals surface area contributed by atoms with Crippen LogP contribution in [-0.2, 0) is 13.1 Å². The van der Waals surface area contributed by atoms with Gasteiger partial charge in [0.1, 0.15) is 23.8 Å². The van der Waals surface area contributed by atoms with Crippen LogP contribution in [0.3, 0.4) is 0 Å². The molecule has 7 nitrogen and oxygen atoms in total. The highest BCUT2D eigenvalue weighted by Gasteiger charge is 2.23. The molecule has 1 aromatic carbocycles.